The van der Waals surface area contributed by atoms with Crippen molar-refractivity contribution in [3.05, 3.63) is 17.0 Å². The quantitative estimate of drug-likeness (QED) is 0.832. The van der Waals surface area contributed by atoms with Crippen molar-refractivity contribution < 1.29 is 14.1 Å². The van der Waals surface area contributed by atoms with Gasteiger partial charge in [-0.25, -0.2) is 0 Å². The topological polar surface area (TPSA) is 55.6 Å². The Morgan fingerprint density at radius 2 is 2.05 bits per heavy atom. The third-order valence-corrected chi connectivity index (χ3v) is 4.00. The molecule has 0 spiro atoms. The third kappa shape index (κ3) is 3.82. The Hall–Kier alpha value is -1.36. The summed E-state index contributed by atoms with van der Waals surface area (Å²) in [6.45, 7) is 4.45. The van der Waals surface area contributed by atoms with Gasteiger partial charge in [-0.3, -0.25) is 4.79 Å². The molecule has 1 aromatic heterocycles. The lowest BCUT2D eigenvalue weighted by molar-refractivity contribution is -0.138. The number of aromatic nitrogens is 1. The normalized spacial score (nSPS) is 16.4. The van der Waals surface area contributed by atoms with Gasteiger partial charge in [-0.2, -0.15) is 0 Å². The number of rotatable bonds is 5. The van der Waals surface area contributed by atoms with E-state index in [2.05, 4.69) is 5.16 Å². The van der Waals surface area contributed by atoms with Gasteiger partial charge in [0.25, 0.3) is 0 Å². The molecule has 1 aliphatic rings. The van der Waals surface area contributed by atoms with Crippen LogP contribution in [0.5, 0.6) is 0 Å². The largest absolute Gasteiger partial charge is 0.368 e. The van der Waals surface area contributed by atoms with Crippen molar-refractivity contribution in [1.29, 1.82) is 0 Å². The molecular weight excluding hydrogens is 256 g/mol. The van der Waals surface area contributed by atoms with Crippen LogP contribution in [0.1, 0.15) is 49.1 Å². The Labute approximate surface area is 120 Å². The molecule has 0 aromatic carbocycles. The zero-order chi connectivity index (χ0) is 14.5. The molecule has 0 N–H and O–H groups in total. The molecule has 112 valence electrons. The van der Waals surface area contributed by atoms with E-state index in [1.54, 1.807) is 11.9 Å². The highest BCUT2D eigenvalue weighted by Crippen LogP contribution is 2.20. The van der Waals surface area contributed by atoms with Crippen LogP contribution < -0.4 is 0 Å². The molecular formula is C15H24N2O3. The van der Waals surface area contributed by atoms with Gasteiger partial charge in [-0.15, -0.1) is 0 Å². The summed E-state index contributed by atoms with van der Waals surface area (Å²) in [5, 5.41) is 3.90. The zero-order valence-corrected chi connectivity index (χ0v) is 12.6. The number of hydrogen-bond acceptors (Lipinski definition) is 4. The van der Waals surface area contributed by atoms with Crippen LogP contribution in [0.15, 0.2) is 4.52 Å². The Bertz CT molecular complexity index is 430. The van der Waals surface area contributed by atoms with Crippen LogP contribution in [0.3, 0.4) is 0 Å². The minimum Gasteiger partial charge on any atom is -0.368 e. The van der Waals surface area contributed by atoms with Crippen LogP contribution in [0, 0.1) is 13.8 Å². The van der Waals surface area contributed by atoms with E-state index in [0.717, 1.165) is 29.9 Å². The standard InChI is InChI=1S/C15H24N2O3/c1-11-14(12(2)20-16-11)9-17(3)15(18)10-19-13-7-5-4-6-8-13/h13H,4-10H2,1-3H3. The van der Waals surface area contributed by atoms with Gasteiger partial charge >= 0.3 is 0 Å². The average Bonchev–Trinajstić information content (AvgIpc) is 2.77. The molecule has 1 aliphatic carbocycles. The molecule has 1 saturated carbocycles. The molecule has 20 heavy (non-hydrogen) atoms. The van der Waals surface area contributed by atoms with Gasteiger partial charge in [0, 0.05) is 12.6 Å². The van der Waals surface area contributed by atoms with Gasteiger partial charge in [-0.1, -0.05) is 24.4 Å². The molecule has 1 fully saturated rings. The van der Waals surface area contributed by atoms with Gasteiger partial charge in [0.2, 0.25) is 5.91 Å². The van der Waals surface area contributed by atoms with E-state index in [9.17, 15) is 4.79 Å². The van der Waals surface area contributed by atoms with Crippen molar-refractivity contribution >= 4 is 5.91 Å². The van der Waals surface area contributed by atoms with Crippen molar-refractivity contribution in [2.24, 2.45) is 0 Å². The van der Waals surface area contributed by atoms with Gasteiger partial charge in [-0.05, 0) is 26.7 Å². The third-order valence-electron chi connectivity index (χ3n) is 4.00. The summed E-state index contributed by atoms with van der Waals surface area (Å²) in [4.78, 5) is 13.8. The number of aryl methyl sites for hydroxylation is 2. The van der Waals surface area contributed by atoms with E-state index in [0.29, 0.717) is 6.54 Å². The average molecular weight is 280 g/mol. The number of nitrogens with zero attached hydrogens (tertiary/aromatic N) is 2. The minimum absolute atomic E-state index is 0.00979. The molecule has 5 nitrogen and oxygen atoms in total. The predicted octanol–water partition coefficient (Wildman–Crippen LogP) is 2.60. The fraction of sp³-hybridized carbons (Fsp3) is 0.733. The second-order valence-electron chi connectivity index (χ2n) is 5.62. The molecule has 0 aliphatic heterocycles. The lowest BCUT2D eigenvalue weighted by atomic mass is 9.98. The van der Waals surface area contributed by atoms with E-state index < -0.39 is 0 Å². The number of likely N-dealkylation sites (N-methyl/N-ethyl adjacent to an activating group) is 1. The summed E-state index contributed by atoms with van der Waals surface area (Å²) in [5.41, 5.74) is 1.83. The van der Waals surface area contributed by atoms with Crippen LogP contribution in [-0.4, -0.2) is 35.7 Å². The fourth-order valence-corrected chi connectivity index (χ4v) is 2.58. The zero-order valence-electron chi connectivity index (χ0n) is 12.6. The van der Waals surface area contributed by atoms with Crippen molar-refractivity contribution in [1.82, 2.24) is 10.1 Å². The van der Waals surface area contributed by atoms with Crippen LogP contribution >= 0.6 is 0 Å². The maximum Gasteiger partial charge on any atom is 0.248 e. The van der Waals surface area contributed by atoms with Crippen LogP contribution in [0.4, 0.5) is 0 Å². The molecule has 1 heterocycles. The summed E-state index contributed by atoms with van der Waals surface area (Å²) in [6, 6.07) is 0. The minimum atomic E-state index is 0.00979. The molecule has 0 atom stereocenters. The number of carbonyl (C=O) groups is 1. The first-order chi connectivity index (χ1) is 9.58. The first-order valence-electron chi connectivity index (χ1n) is 7.35. The van der Waals surface area contributed by atoms with E-state index >= 15 is 0 Å². The van der Waals surface area contributed by atoms with E-state index in [1.165, 1.54) is 19.3 Å². The van der Waals surface area contributed by atoms with E-state index in [1.807, 2.05) is 13.8 Å². The van der Waals surface area contributed by atoms with Gasteiger partial charge in [0.1, 0.15) is 12.4 Å². The lowest BCUT2D eigenvalue weighted by Crippen LogP contribution is -2.32. The monoisotopic (exact) mass is 280 g/mol. The van der Waals surface area contributed by atoms with E-state index in [-0.39, 0.29) is 18.6 Å². The smallest absolute Gasteiger partial charge is 0.248 e. The van der Waals surface area contributed by atoms with E-state index in [4.69, 9.17) is 9.26 Å². The summed E-state index contributed by atoms with van der Waals surface area (Å²) in [7, 11) is 1.79. The number of amides is 1. The fourth-order valence-electron chi connectivity index (χ4n) is 2.58. The second kappa shape index (κ2) is 6.88. The Kier molecular flexibility index (Phi) is 5.17. The lowest BCUT2D eigenvalue weighted by Gasteiger charge is -2.23. The maximum absolute atomic E-state index is 12.1. The molecule has 0 saturated heterocycles. The van der Waals surface area contributed by atoms with Crippen molar-refractivity contribution in [3.8, 4) is 0 Å². The Morgan fingerprint density at radius 3 is 2.65 bits per heavy atom. The molecule has 5 heteroatoms. The molecule has 1 amide bonds. The second-order valence-corrected chi connectivity index (χ2v) is 5.62. The SMILES string of the molecule is Cc1noc(C)c1CN(C)C(=O)COC1CCCCC1. The number of carbonyl (C=O) groups excluding carboxylic acids is 1. The van der Waals surface area contributed by atoms with Gasteiger partial charge in [0.15, 0.2) is 0 Å². The summed E-state index contributed by atoms with van der Waals surface area (Å²) < 4.78 is 10.8. The Morgan fingerprint density at radius 1 is 1.35 bits per heavy atom. The molecule has 0 radical (unpaired) electrons. The van der Waals surface area contributed by atoms with Crippen molar-refractivity contribution in [2.45, 2.75) is 58.6 Å². The molecule has 2 rings (SSSR count). The Balaban J connectivity index is 1.79. The summed E-state index contributed by atoms with van der Waals surface area (Å²) >= 11 is 0. The maximum atomic E-state index is 12.1. The molecule has 0 bridgehead atoms. The van der Waals surface area contributed by atoms with Crippen molar-refractivity contribution in [2.75, 3.05) is 13.7 Å². The summed E-state index contributed by atoms with van der Waals surface area (Å²) in [5.74, 6) is 0.783. The van der Waals surface area contributed by atoms with Crippen LogP contribution in [0.25, 0.3) is 0 Å². The number of ether oxygens (including phenoxy) is 1. The van der Waals surface area contributed by atoms with Crippen LogP contribution in [0.2, 0.25) is 0 Å². The number of hydrogen-bond donors (Lipinski definition) is 0. The first-order valence-corrected chi connectivity index (χ1v) is 7.35. The highest BCUT2D eigenvalue weighted by molar-refractivity contribution is 5.77. The summed E-state index contributed by atoms with van der Waals surface area (Å²) in [6.07, 6.45) is 6.16. The van der Waals surface area contributed by atoms with Crippen LogP contribution in [-0.2, 0) is 16.1 Å². The van der Waals surface area contributed by atoms with Gasteiger partial charge < -0.3 is 14.2 Å². The predicted molar refractivity (Wildman–Crippen MR) is 75.3 cm³/mol. The molecule has 0 unspecified atom stereocenters. The highest BCUT2D eigenvalue weighted by Gasteiger charge is 2.18. The first kappa shape index (κ1) is 15.0. The molecule has 1 aromatic rings. The van der Waals surface area contributed by atoms with Crippen molar-refractivity contribution in [3.63, 3.8) is 0 Å². The highest BCUT2D eigenvalue weighted by atomic mass is 16.5. The van der Waals surface area contributed by atoms with Gasteiger partial charge in [0.05, 0.1) is 18.3 Å².